The number of likely N-dealkylation sites (tertiary alicyclic amines) is 2. The summed E-state index contributed by atoms with van der Waals surface area (Å²) in [7, 11) is -3.42. The van der Waals surface area contributed by atoms with Crippen molar-refractivity contribution in [3.05, 3.63) is 0 Å². The van der Waals surface area contributed by atoms with Crippen molar-refractivity contribution in [2.45, 2.75) is 139 Å². The highest BCUT2D eigenvalue weighted by molar-refractivity contribution is 8.00. The van der Waals surface area contributed by atoms with Gasteiger partial charge in [0.05, 0.1) is 36.7 Å². The molecule has 0 spiro atoms. The summed E-state index contributed by atoms with van der Waals surface area (Å²) in [5, 5.41) is 14.9. The number of hydrogen-bond donors (Lipinski definition) is 5. The molecule has 64 heavy (non-hydrogen) atoms. The highest BCUT2D eigenvalue weighted by Gasteiger charge is 2.54. The summed E-state index contributed by atoms with van der Waals surface area (Å²) in [6.07, 6.45) is 12.0. The van der Waals surface area contributed by atoms with Gasteiger partial charge in [0.2, 0.25) is 51.4 Å². The summed E-state index contributed by atoms with van der Waals surface area (Å²) in [6.45, 7) is 3.67. The number of carbonyl (C=O) groups excluding carboxylic acids is 7. The first kappa shape index (κ1) is 48.7. The predicted octanol–water partition coefficient (Wildman–Crippen LogP) is 0.181. The fourth-order valence-corrected chi connectivity index (χ4v) is 12.7. The van der Waals surface area contributed by atoms with Crippen LogP contribution in [-0.2, 0) is 53.1 Å². The number of rotatable bonds is 19. The van der Waals surface area contributed by atoms with E-state index in [0.717, 1.165) is 42.8 Å². The number of piperidine rings is 2. The normalized spacial score (nSPS) is 30.6. The molecule has 0 bridgehead atoms. The monoisotopic (exact) mass is 936 g/mol. The Hall–Kier alpha value is -3.21. The zero-order valence-electron chi connectivity index (χ0n) is 37.1. The quantitative estimate of drug-likeness (QED) is 0.0858. The number of sulfonamides is 1. The first-order valence-corrected chi connectivity index (χ1v) is 26.5. The molecule has 5 heterocycles. The van der Waals surface area contributed by atoms with Crippen molar-refractivity contribution in [2.75, 3.05) is 64.6 Å². The van der Waals surface area contributed by atoms with Crippen LogP contribution in [0.2, 0.25) is 0 Å². The van der Waals surface area contributed by atoms with Crippen LogP contribution in [0.4, 0.5) is 0 Å². The zero-order valence-corrected chi connectivity index (χ0v) is 38.7. The smallest absolute Gasteiger partial charge is 0.249 e. The maximum absolute atomic E-state index is 13.6. The third kappa shape index (κ3) is 12.8. The van der Waals surface area contributed by atoms with E-state index in [1.54, 1.807) is 11.8 Å². The standard InChI is InChI=1S/C43H68N8O11S2/c1-64(59,60)50-19-13-28(25-50)38(54)45-33(39(55)48-43-46-34(26-63-43)27-6-3-2-4-7-27)16-22-61-21-5-8-36(52)44-29-14-17-49(18-15-29)20-23-62-30-9-10-31-32(24-30)42(58)51(41(31)57)35-11-12-37(53)47-40(35)56/h27-35,43,46H,2-26H2,1H3,(H,44,52)(H,45,54)(H,48,55)(H,47,53,56)/t28?,30?,31?,32?,33-,34?,35?,43?/m0/s1. The molecule has 0 aromatic carbocycles. The fourth-order valence-electron chi connectivity index (χ4n) is 10.6. The minimum atomic E-state index is -3.42. The van der Waals surface area contributed by atoms with Crippen LogP contribution in [0, 0.1) is 23.7 Å². The molecular formula is C43H68N8O11S2. The second kappa shape index (κ2) is 22.5. The Morgan fingerprint density at radius 1 is 0.875 bits per heavy atom. The van der Waals surface area contributed by atoms with E-state index < -0.39 is 51.7 Å². The second-order valence-electron chi connectivity index (χ2n) is 18.8. The number of amides is 7. The van der Waals surface area contributed by atoms with Gasteiger partial charge in [-0.2, -0.15) is 0 Å². The third-order valence-corrected chi connectivity index (χ3v) is 16.7. The van der Waals surface area contributed by atoms with Crippen LogP contribution in [0.5, 0.6) is 0 Å². The van der Waals surface area contributed by atoms with Crippen LogP contribution in [0.3, 0.4) is 0 Å². The molecule has 7 aliphatic rings. The number of imide groups is 2. The van der Waals surface area contributed by atoms with E-state index in [9.17, 15) is 42.0 Å². The lowest BCUT2D eigenvalue weighted by Gasteiger charge is -2.33. The highest BCUT2D eigenvalue weighted by Crippen LogP contribution is 2.41. The van der Waals surface area contributed by atoms with Gasteiger partial charge >= 0.3 is 0 Å². The van der Waals surface area contributed by atoms with Crippen LogP contribution in [-0.4, -0.2) is 164 Å². The molecule has 7 unspecified atom stereocenters. The largest absolute Gasteiger partial charge is 0.381 e. The average Bonchev–Trinajstić information content (AvgIpc) is 4.02. The fraction of sp³-hybridized carbons (Fsp3) is 0.837. The molecule has 0 aromatic heterocycles. The van der Waals surface area contributed by atoms with Gasteiger partial charge < -0.3 is 30.3 Å². The van der Waals surface area contributed by atoms with Crippen LogP contribution >= 0.6 is 11.8 Å². The van der Waals surface area contributed by atoms with Gasteiger partial charge in [-0.1, -0.05) is 19.3 Å². The van der Waals surface area contributed by atoms with Gasteiger partial charge in [-0.25, -0.2) is 12.7 Å². The van der Waals surface area contributed by atoms with Gasteiger partial charge in [0.15, 0.2) is 0 Å². The number of ether oxygens (including phenoxy) is 2. The summed E-state index contributed by atoms with van der Waals surface area (Å²) < 4.78 is 37.4. The molecule has 21 heteroatoms. The Morgan fingerprint density at radius 3 is 2.38 bits per heavy atom. The lowest BCUT2D eigenvalue weighted by Crippen LogP contribution is -2.54. The van der Waals surface area contributed by atoms with Gasteiger partial charge in [-0.05, 0) is 76.5 Å². The molecule has 8 atom stereocenters. The molecule has 5 aliphatic heterocycles. The summed E-state index contributed by atoms with van der Waals surface area (Å²) in [5.41, 5.74) is -0.258. The Kier molecular flexibility index (Phi) is 17.1. The van der Waals surface area contributed by atoms with E-state index in [2.05, 4.69) is 31.5 Å². The summed E-state index contributed by atoms with van der Waals surface area (Å²) >= 11 is 1.66. The van der Waals surface area contributed by atoms with Crippen LogP contribution in [0.1, 0.15) is 103 Å². The Balaban J connectivity index is 0.761. The zero-order chi connectivity index (χ0) is 45.4. The molecule has 2 aliphatic carbocycles. The molecule has 7 rings (SSSR count). The highest BCUT2D eigenvalue weighted by atomic mass is 32.2. The summed E-state index contributed by atoms with van der Waals surface area (Å²) in [6, 6.07) is -1.38. The molecule has 7 amide bonds. The first-order valence-electron chi connectivity index (χ1n) is 23.6. The van der Waals surface area contributed by atoms with Crippen molar-refractivity contribution in [3.63, 3.8) is 0 Å². The minimum Gasteiger partial charge on any atom is -0.381 e. The lowest BCUT2D eigenvalue weighted by atomic mass is 9.79. The number of fused-ring (bicyclic) bond motifs is 1. The topological polar surface area (TPSA) is 242 Å². The Morgan fingerprint density at radius 2 is 1.64 bits per heavy atom. The van der Waals surface area contributed by atoms with Crippen molar-refractivity contribution in [1.29, 1.82) is 0 Å². The molecule has 7 fully saturated rings. The molecule has 2 saturated carbocycles. The second-order valence-corrected chi connectivity index (χ2v) is 21.9. The number of thioether (sulfide) groups is 1. The van der Waals surface area contributed by atoms with Crippen molar-refractivity contribution < 1.29 is 51.5 Å². The molecule has 5 saturated heterocycles. The van der Waals surface area contributed by atoms with Crippen LogP contribution in [0.15, 0.2) is 0 Å². The number of carbonyl (C=O) groups is 7. The minimum absolute atomic E-state index is 0.0468. The lowest BCUT2D eigenvalue weighted by molar-refractivity contribution is -0.151. The Labute approximate surface area is 380 Å². The average molecular weight is 937 g/mol. The van der Waals surface area contributed by atoms with Gasteiger partial charge in [0, 0.05) is 76.6 Å². The van der Waals surface area contributed by atoms with Crippen LogP contribution in [0.25, 0.3) is 0 Å². The molecule has 358 valence electrons. The third-order valence-electron chi connectivity index (χ3n) is 14.3. The SMILES string of the molecule is CS(=O)(=O)N1CCC(C(=O)N[C@@H](CCOCCCC(=O)NC2CCN(CCOC3CCC4C(=O)N(C5CCC(=O)NC5=O)C(=O)C4C3)CC2)C(=O)NC2NC(C3CCCCC3)CS2)C1. The van der Waals surface area contributed by atoms with E-state index in [1.165, 1.54) is 36.4 Å². The molecule has 5 N–H and O–H groups in total. The van der Waals surface area contributed by atoms with Crippen molar-refractivity contribution in [3.8, 4) is 0 Å². The van der Waals surface area contributed by atoms with E-state index in [0.29, 0.717) is 70.2 Å². The number of nitrogens with one attached hydrogen (secondary N) is 5. The van der Waals surface area contributed by atoms with Crippen molar-refractivity contribution in [1.82, 2.24) is 40.7 Å². The van der Waals surface area contributed by atoms with E-state index >= 15 is 0 Å². The Bertz CT molecular complexity index is 1830. The van der Waals surface area contributed by atoms with Gasteiger partial charge in [0.25, 0.3) is 0 Å². The molecule has 0 aromatic rings. The van der Waals surface area contributed by atoms with Crippen LogP contribution < -0.4 is 26.6 Å². The van der Waals surface area contributed by atoms with Gasteiger partial charge in [-0.15, -0.1) is 11.8 Å². The molecule has 19 nitrogen and oxygen atoms in total. The van der Waals surface area contributed by atoms with E-state index in [4.69, 9.17) is 9.47 Å². The summed E-state index contributed by atoms with van der Waals surface area (Å²) in [5.74, 6) is -2.32. The van der Waals surface area contributed by atoms with Gasteiger partial charge in [-0.3, -0.25) is 49.1 Å². The summed E-state index contributed by atoms with van der Waals surface area (Å²) in [4.78, 5) is 93.4. The predicted molar refractivity (Wildman–Crippen MR) is 235 cm³/mol. The number of hydrogen-bond acceptors (Lipinski definition) is 14. The maximum Gasteiger partial charge on any atom is 0.249 e. The van der Waals surface area contributed by atoms with E-state index in [-0.39, 0.29) is 86.1 Å². The van der Waals surface area contributed by atoms with Crippen molar-refractivity contribution in [2.24, 2.45) is 23.7 Å². The molecular weight excluding hydrogens is 869 g/mol. The van der Waals surface area contributed by atoms with Gasteiger partial charge in [0.1, 0.15) is 17.6 Å². The first-order chi connectivity index (χ1) is 30.7. The maximum atomic E-state index is 13.6. The van der Waals surface area contributed by atoms with Crippen molar-refractivity contribution >= 4 is 63.1 Å². The molecule has 0 radical (unpaired) electrons. The van der Waals surface area contributed by atoms with E-state index in [1.807, 2.05) is 0 Å². The number of nitrogens with zero attached hydrogens (tertiary/aromatic N) is 3.